The van der Waals surface area contributed by atoms with E-state index in [-0.39, 0.29) is 35.8 Å². The first-order chi connectivity index (χ1) is 9.51. The summed E-state index contributed by atoms with van der Waals surface area (Å²) in [6.07, 6.45) is 0. The molecular weight excluding hydrogens is 288 g/mol. The number of halogens is 1. The number of nitrogens with one attached hydrogen (secondary N) is 2. The maximum atomic E-state index is 12.2. The van der Waals surface area contributed by atoms with Crippen LogP contribution in [0.3, 0.4) is 0 Å². The zero-order valence-corrected chi connectivity index (χ0v) is 13.7. The normalized spacial score (nSPS) is 20.2. The fraction of sp³-hybridized carbons (Fsp3) is 0.562. The molecule has 21 heavy (non-hydrogen) atoms. The zero-order chi connectivity index (χ0) is 14.6. The number of morpholine rings is 1. The number of amides is 1. The lowest BCUT2D eigenvalue weighted by Crippen LogP contribution is -2.55. The van der Waals surface area contributed by atoms with Crippen LogP contribution in [-0.2, 0) is 14.9 Å². The first kappa shape index (κ1) is 18.0. The van der Waals surface area contributed by atoms with Crippen molar-refractivity contribution in [1.82, 2.24) is 10.6 Å². The average Bonchev–Trinajstić information content (AvgIpc) is 2.49. The number of rotatable bonds is 4. The van der Waals surface area contributed by atoms with E-state index in [2.05, 4.69) is 43.5 Å². The fourth-order valence-electron chi connectivity index (χ4n) is 2.35. The molecule has 1 fully saturated rings. The second-order valence-electron chi connectivity index (χ2n) is 5.90. The van der Waals surface area contributed by atoms with Gasteiger partial charge in [0.1, 0.15) is 6.04 Å². The molecule has 1 aromatic rings. The number of carbonyl (C=O) groups is 1. The standard InChI is InChI=1S/C16H24N2O2.ClH/c1-12(16(2,3)13-7-5-4-6-8-13)18-15(19)14-11-20-10-9-17-14;/h4-8,12,14,17H,9-11H2,1-3H3,(H,18,19);1H. The van der Waals surface area contributed by atoms with Crippen molar-refractivity contribution in [3.05, 3.63) is 35.9 Å². The highest BCUT2D eigenvalue weighted by Crippen LogP contribution is 2.26. The topological polar surface area (TPSA) is 50.4 Å². The summed E-state index contributed by atoms with van der Waals surface area (Å²) in [5.41, 5.74) is 1.10. The second kappa shape index (κ2) is 7.78. The molecule has 1 aliphatic heterocycles. The molecule has 5 heteroatoms. The molecule has 1 aliphatic rings. The van der Waals surface area contributed by atoms with Gasteiger partial charge in [-0.15, -0.1) is 12.4 Å². The predicted molar refractivity (Wildman–Crippen MR) is 86.9 cm³/mol. The average molecular weight is 313 g/mol. The summed E-state index contributed by atoms with van der Waals surface area (Å²) in [6.45, 7) is 8.21. The van der Waals surface area contributed by atoms with E-state index >= 15 is 0 Å². The summed E-state index contributed by atoms with van der Waals surface area (Å²) in [5, 5.41) is 6.29. The van der Waals surface area contributed by atoms with Crippen LogP contribution in [0.1, 0.15) is 26.3 Å². The monoisotopic (exact) mass is 312 g/mol. The number of hydrogen-bond acceptors (Lipinski definition) is 3. The Morgan fingerprint density at radius 2 is 2.05 bits per heavy atom. The molecule has 0 radical (unpaired) electrons. The smallest absolute Gasteiger partial charge is 0.239 e. The van der Waals surface area contributed by atoms with Crippen LogP contribution in [0.5, 0.6) is 0 Å². The molecule has 4 nitrogen and oxygen atoms in total. The van der Waals surface area contributed by atoms with E-state index in [1.807, 2.05) is 18.2 Å². The van der Waals surface area contributed by atoms with E-state index in [9.17, 15) is 4.79 Å². The third-order valence-corrected chi connectivity index (χ3v) is 4.20. The van der Waals surface area contributed by atoms with Gasteiger partial charge in [0.2, 0.25) is 5.91 Å². The number of ether oxygens (including phenoxy) is 1. The summed E-state index contributed by atoms with van der Waals surface area (Å²) >= 11 is 0. The van der Waals surface area contributed by atoms with Crippen molar-refractivity contribution >= 4 is 18.3 Å². The van der Waals surface area contributed by atoms with Gasteiger partial charge < -0.3 is 15.4 Å². The van der Waals surface area contributed by atoms with Gasteiger partial charge in [0, 0.05) is 18.0 Å². The second-order valence-corrected chi connectivity index (χ2v) is 5.90. The third kappa shape index (κ3) is 4.43. The van der Waals surface area contributed by atoms with E-state index < -0.39 is 0 Å². The third-order valence-electron chi connectivity index (χ3n) is 4.20. The van der Waals surface area contributed by atoms with Crippen molar-refractivity contribution in [2.45, 2.75) is 38.3 Å². The summed E-state index contributed by atoms with van der Waals surface area (Å²) in [7, 11) is 0. The largest absolute Gasteiger partial charge is 0.378 e. The lowest BCUT2D eigenvalue weighted by molar-refractivity contribution is -0.126. The minimum Gasteiger partial charge on any atom is -0.378 e. The van der Waals surface area contributed by atoms with Gasteiger partial charge in [-0.2, -0.15) is 0 Å². The Hall–Kier alpha value is -1.10. The molecule has 0 aromatic heterocycles. The Bertz CT molecular complexity index is 445. The van der Waals surface area contributed by atoms with E-state index in [0.717, 1.165) is 6.54 Å². The van der Waals surface area contributed by atoms with Gasteiger partial charge in [0.05, 0.1) is 13.2 Å². The van der Waals surface area contributed by atoms with E-state index in [0.29, 0.717) is 13.2 Å². The summed E-state index contributed by atoms with van der Waals surface area (Å²) in [5.74, 6) is 0.0150. The molecule has 2 rings (SSSR count). The van der Waals surface area contributed by atoms with Crippen LogP contribution in [0.4, 0.5) is 0 Å². The Labute approximate surface area is 133 Å². The van der Waals surface area contributed by atoms with Crippen LogP contribution in [0.25, 0.3) is 0 Å². The highest BCUT2D eigenvalue weighted by molar-refractivity contribution is 5.85. The van der Waals surface area contributed by atoms with Gasteiger partial charge in [-0.25, -0.2) is 0 Å². The Morgan fingerprint density at radius 1 is 1.38 bits per heavy atom. The molecule has 2 N–H and O–H groups in total. The fourth-order valence-corrected chi connectivity index (χ4v) is 2.35. The van der Waals surface area contributed by atoms with E-state index in [4.69, 9.17) is 4.74 Å². The SMILES string of the molecule is CC(NC(=O)C1COCCN1)C(C)(C)c1ccccc1.Cl. The minimum atomic E-state index is -0.238. The first-order valence-electron chi connectivity index (χ1n) is 7.19. The molecule has 1 saturated heterocycles. The lowest BCUT2D eigenvalue weighted by atomic mass is 9.78. The van der Waals surface area contributed by atoms with Gasteiger partial charge >= 0.3 is 0 Å². The molecule has 0 bridgehead atoms. The lowest BCUT2D eigenvalue weighted by Gasteiger charge is -2.34. The van der Waals surface area contributed by atoms with Crippen LogP contribution in [0, 0.1) is 0 Å². The van der Waals surface area contributed by atoms with Gasteiger partial charge in [0.15, 0.2) is 0 Å². The molecule has 118 valence electrons. The van der Waals surface area contributed by atoms with Crippen molar-refractivity contribution in [3.8, 4) is 0 Å². The van der Waals surface area contributed by atoms with E-state index in [1.165, 1.54) is 5.56 Å². The molecule has 1 heterocycles. The number of carbonyl (C=O) groups excluding carboxylic acids is 1. The van der Waals surface area contributed by atoms with Crippen LogP contribution in [0.15, 0.2) is 30.3 Å². The van der Waals surface area contributed by atoms with Crippen molar-refractivity contribution in [2.24, 2.45) is 0 Å². The van der Waals surface area contributed by atoms with Crippen LogP contribution in [-0.4, -0.2) is 37.7 Å². The predicted octanol–water partition coefficient (Wildman–Crippen LogP) is 1.88. The maximum Gasteiger partial charge on any atom is 0.239 e. The molecule has 1 aromatic carbocycles. The molecule has 0 spiro atoms. The van der Waals surface area contributed by atoms with Gasteiger partial charge in [-0.05, 0) is 12.5 Å². The maximum absolute atomic E-state index is 12.2. The molecule has 0 aliphatic carbocycles. The van der Waals surface area contributed by atoms with Crippen LogP contribution >= 0.6 is 12.4 Å². The molecule has 0 saturated carbocycles. The van der Waals surface area contributed by atoms with Crippen molar-refractivity contribution in [2.75, 3.05) is 19.8 Å². The highest BCUT2D eigenvalue weighted by Gasteiger charge is 2.31. The summed E-state index contributed by atoms with van der Waals surface area (Å²) in [6, 6.07) is 10.1. The van der Waals surface area contributed by atoms with Gasteiger partial charge in [-0.3, -0.25) is 4.79 Å². The summed E-state index contributed by atoms with van der Waals surface area (Å²) < 4.78 is 5.33. The van der Waals surface area contributed by atoms with Crippen LogP contribution < -0.4 is 10.6 Å². The molecule has 1 amide bonds. The van der Waals surface area contributed by atoms with Crippen molar-refractivity contribution in [3.63, 3.8) is 0 Å². The van der Waals surface area contributed by atoms with Gasteiger partial charge in [0.25, 0.3) is 0 Å². The Balaban J connectivity index is 0.00000220. The van der Waals surface area contributed by atoms with E-state index in [1.54, 1.807) is 0 Å². The summed E-state index contributed by atoms with van der Waals surface area (Å²) in [4.78, 5) is 12.2. The quantitative estimate of drug-likeness (QED) is 0.892. The first-order valence-corrected chi connectivity index (χ1v) is 7.19. The Kier molecular flexibility index (Phi) is 6.65. The van der Waals surface area contributed by atoms with Crippen LogP contribution in [0.2, 0.25) is 0 Å². The molecule has 2 atom stereocenters. The van der Waals surface area contributed by atoms with Crippen molar-refractivity contribution in [1.29, 1.82) is 0 Å². The highest BCUT2D eigenvalue weighted by atomic mass is 35.5. The molecule has 2 unspecified atom stereocenters. The Morgan fingerprint density at radius 3 is 2.62 bits per heavy atom. The van der Waals surface area contributed by atoms with Gasteiger partial charge in [-0.1, -0.05) is 44.2 Å². The zero-order valence-electron chi connectivity index (χ0n) is 12.9. The molecular formula is C16H25ClN2O2. The van der Waals surface area contributed by atoms with Crippen molar-refractivity contribution < 1.29 is 9.53 Å². The number of hydrogen-bond donors (Lipinski definition) is 2. The number of benzene rings is 1. The minimum absolute atomic E-state index is 0.